The number of fused-ring (bicyclic) bond motifs is 1. The van der Waals surface area contributed by atoms with Gasteiger partial charge < -0.3 is 10.3 Å². The summed E-state index contributed by atoms with van der Waals surface area (Å²) in [4.78, 5) is 30.5. The molecule has 0 atom stereocenters. The van der Waals surface area contributed by atoms with E-state index in [9.17, 15) is 9.59 Å². The molecule has 3 aromatic rings. The predicted molar refractivity (Wildman–Crippen MR) is 78.9 cm³/mol. The molecule has 1 aromatic carbocycles. The van der Waals surface area contributed by atoms with Gasteiger partial charge in [0.1, 0.15) is 0 Å². The SMILES string of the molecule is Cn1c(=O)[nH]c2cc(C(=O)NCc3ccccn3)ccc21. The first kappa shape index (κ1) is 13.1. The van der Waals surface area contributed by atoms with Crippen LogP contribution >= 0.6 is 0 Å². The first-order valence-electron chi connectivity index (χ1n) is 6.52. The maximum atomic E-state index is 12.1. The highest BCUT2D eigenvalue weighted by Gasteiger charge is 2.09. The van der Waals surface area contributed by atoms with Gasteiger partial charge in [-0.05, 0) is 30.3 Å². The maximum absolute atomic E-state index is 12.1. The first-order chi connectivity index (χ1) is 10.1. The molecule has 0 fully saturated rings. The van der Waals surface area contributed by atoms with Gasteiger partial charge in [0, 0.05) is 18.8 Å². The van der Waals surface area contributed by atoms with E-state index < -0.39 is 0 Å². The van der Waals surface area contributed by atoms with Crippen LogP contribution in [0.1, 0.15) is 16.1 Å². The Morgan fingerprint density at radius 2 is 2.19 bits per heavy atom. The second-order valence-corrected chi connectivity index (χ2v) is 4.72. The average Bonchev–Trinajstić information content (AvgIpc) is 2.80. The van der Waals surface area contributed by atoms with E-state index in [4.69, 9.17) is 0 Å². The van der Waals surface area contributed by atoms with E-state index in [2.05, 4.69) is 15.3 Å². The Morgan fingerprint density at radius 1 is 1.33 bits per heavy atom. The Hall–Kier alpha value is -2.89. The highest BCUT2D eigenvalue weighted by molar-refractivity contribution is 5.97. The second-order valence-electron chi connectivity index (χ2n) is 4.72. The van der Waals surface area contributed by atoms with Gasteiger partial charge in [-0.15, -0.1) is 0 Å². The minimum Gasteiger partial charge on any atom is -0.346 e. The second kappa shape index (κ2) is 5.24. The van der Waals surface area contributed by atoms with Gasteiger partial charge in [-0.1, -0.05) is 6.07 Å². The van der Waals surface area contributed by atoms with Crippen molar-refractivity contribution in [1.29, 1.82) is 0 Å². The number of nitrogens with one attached hydrogen (secondary N) is 2. The maximum Gasteiger partial charge on any atom is 0.326 e. The highest BCUT2D eigenvalue weighted by Crippen LogP contribution is 2.12. The molecule has 21 heavy (non-hydrogen) atoms. The number of amides is 1. The van der Waals surface area contributed by atoms with Crippen molar-refractivity contribution >= 4 is 16.9 Å². The molecule has 0 saturated heterocycles. The molecule has 0 radical (unpaired) electrons. The summed E-state index contributed by atoms with van der Waals surface area (Å²) < 4.78 is 1.50. The summed E-state index contributed by atoms with van der Waals surface area (Å²) in [7, 11) is 1.68. The van der Waals surface area contributed by atoms with Crippen LogP contribution in [0.3, 0.4) is 0 Å². The Morgan fingerprint density at radius 3 is 2.95 bits per heavy atom. The van der Waals surface area contributed by atoms with Crippen molar-refractivity contribution in [2.45, 2.75) is 6.54 Å². The molecule has 0 aliphatic heterocycles. The quantitative estimate of drug-likeness (QED) is 0.757. The number of hydrogen-bond donors (Lipinski definition) is 2. The van der Waals surface area contributed by atoms with Crippen LogP contribution < -0.4 is 11.0 Å². The predicted octanol–water partition coefficient (Wildman–Crippen LogP) is 1.19. The molecule has 0 bridgehead atoms. The fourth-order valence-corrected chi connectivity index (χ4v) is 2.15. The van der Waals surface area contributed by atoms with Crippen molar-refractivity contribution in [1.82, 2.24) is 19.9 Å². The Balaban J connectivity index is 1.80. The van der Waals surface area contributed by atoms with Gasteiger partial charge >= 0.3 is 5.69 Å². The number of carbonyl (C=O) groups excluding carboxylic acids is 1. The minimum atomic E-state index is -0.202. The van der Waals surface area contributed by atoms with Crippen LogP contribution in [0.2, 0.25) is 0 Å². The van der Waals surface area contributed by atoms with Crippen molar-refractivity contribution in [3.8, 4) is 0 Å². The number of carbonyl (C=O) groups is 1. The van der Waals surface area contributed by atoms with Crippen molar-refractivity contribution in [3.63, 3.8) is 0 Å². The van der Waals surface area contributed by atoms with Gasteiger partial charge in [0.2, 0.25) is 0 Å². The summed E-state index contributed by atoms with van der Waals surface area (Å²) in [6.45, 7) is 0.364. The molecule has 0 aliphatic rings. The summed E-state index contributed by atoms with van der Waals surface area (Å²) in [6.07, 6.45) is 1.68. The van der Waals surface area contributed by atoms with Gasteiger partial charge in [-0.2, -0.15) is 0 Å². The summed E-state index contributed by atoms with van der Waals surface area (Å²) in [5, 5.41) is 2.80. The number of rotatable bonds is 3. The molecule has 0 unspecified atom stereocenters. The standard InChI is InChI=1S/C15H14N4O2/c1-19-13-6-5-10(8-12(13)18-15(19)21)14(20)17-9-11-4-2-3-7-16-11/h2-8H,9H2,1H3,(H,17,20)(H,18,21). The third-order valence-corrected chi connectivity index (χ3v) is 3.32. The largest absolute Gasteiger partial charge is 0.346 e. The van der Waals surface area contributed by atoms with E-state index in [1.807, 2.05) is 18.2 Å². The molecule has 6 nitrogen and oxygen atoms in total. The van der Waals surface area contributed by atoms with E-state index in [0.717, 1.165) is 11.2 Å². The van der Waals surface area contributed by atoms with E-state index in [-0.39, 0.29) is 11.6 Å². The summed E-state index contributed by atoms with van der Waals surface area (Å²) in [5.41, 5.74) is 2.51. The van der Waals surface area contributed by atoms with Gasteiger partial charge in [-0.25, -0.2) is 4.79 Å². The molecule has 0 spiro atoms. The molecule has 0 aliphatic carbocycles. The van der Waals surface area contributed by atoms with E-state index >= 15 is 0 Å². The summed E-state index contributed by atoms with van der Waals surface area (Å²) >= 11 is 0. The molecule has 2 N–H and O–H groups in total. The number of pyridine rings is 1. The fourth-order valence-electron chi connectivity index (χ4n) is 2.15. The van der Waals surface area contributed by atoms with Gasteiger partial charge in [0.25, 0.3) is 5.91 Å². The lowest BCUT2D eigenvalue weighted by Crippen LogP contribution is -2.23. The first-order valence-corrected chi connectivity index (χ1v) is 6.52. The molecule has 2 heterocycles. The van der Waals surface area contributed by atoms with Crippen LogP contribution in [0.4, 0.5) is 0 Å². The van der Waals surface area contributed by atoms with Crippen LogP contribution in [0, 0.1) is 0 Å². The topological polar surface area (TPSA) is 79.8 Å². The monoisotopic (exact) mass is 282 g/mol. The molecule has 1 amide bonds. The minimum absolute atomic E-state index is 0.198. The smallest absolute Gasteiger partial charge is 0.326 e. The highest BCUT2D eigenvalue weighted by atomic mass is 16.2. The zero-order chi connectivity index (χ0) is 14.8. The number of hydrogen-bond acceptors (Lipinski definition) is 3. The molecule has 106 valence electrons. The number of aromatic amines is 1. The van der Waals surface area contributed by atoms with Crippen LogP contribution in [0.5, 0.6) is 0 Å². The molecule has 2 aromatic heterocycles. The molecule has 0 saturated carbocycles. The van der Waals surface area contributed by atoms with Crippen LogP contribution in [-0.4, -0.2) is 20.4 Å². The lowest BCUT2D eigenvalue weighted by molar-refractivity contribution is 0.0950. The Labute approximate surface area is 120 Å². The van der Waals surface area contributed by atoms with Crippen molar-refractivity contribution in [3.05, 3.63) is 64.3 Å². The molecule has 3 rings (SSSR count). The third kappa shape index (κ3) is 2.55. The normalized spacial score (nSPS) is 10.7. The van der Waals surface area contributed by atoms with E-state index in [1.54, 1.807) is 31.4 Å². The number of aryl methyl sites for hydroxylation is 1. The third-order valence-electron chi connectivity index (χ3n) is 3.32. The van der Waals surface area contributed by atoms with Crippen molar-refractivity contribution in [2.75, 3.05) is 0 Å². The number of aromatic nitrogens is 3. The van der Waals surface area contributed by atoms with Crippen LogP contribution in [0.15, 0.2) is 47.4 Å². The van der Waals surface area contributed by atoms with Gasteiger partial charge in [0.15, 0.2) is 0 Å². The van der Waals surface area contributed by atoms with Crippen molar-refractivity contribution in [2.24, 2.45) is 7.05 Å². The number of imidazole rings is 1. The lowest BCUT2D eigenvalue weighted by Gasteiger charge is -2.05. The van der Waals surface area contributed by atoms with Crippen molar-refractivity contribution < 1.29 is 4.79 Å². The Kier molecular flexibility index (Phi) is 3.27. The zero-order valence-corrected chi connectivity index (χ0v) is 11.5. The Bertz CT molecular complexity index is 849. The van der Waals surface area contributed by atoms with E-state index in [1.165, 1.54) is 4.57 Å². The lowest BCUT2D eigenvalue weighted by atomic mass is 10.2. The number of nitrogens with zero attached hydrogens (tertiary/aromatic N) is 2. The average molecular weight is 282 g/mol. The summed E-state index contributed by atoms with van der Waals surface area (Å²) in [5.74, 6) is -0.202. The number of benzene rings is 1. The van der Waals surface area contributed by atoms with Gasteiger partial charge in [-0.3, -0.25) is 14.3 Å². The molecular weight excluding hydrogens is 268 g/mol. The molecular formula is C15H14N4O2. The fraction of sp³-hybridized carbons (Fsp3) is 0.133. The van der Waals surface area contributed by atoms with Gasteiger partial charge in [0.05, 0.1) is 23.3 Å². The summed E-state index contributed by atoms with van der Waals surface area (Å²) in [6, 6.07) is 10.7. The van der Waals surface area contributed by atoms with E-state index in [0.29, 0.717) is 17.6 Å². The zero-order valence-electron chi connectivity index (χ0n) is 11.5. The van der Waals surface area contributed by atoms with Crippen LogP contribution in [-0.2, 0) is 13.6 Å². The molecule has 6 heteroatoms. The van der Waals surface area contributed by atoms with Crippen LogP contribution in [0.25, 0.3) is 11.0 Å². The number of H-pyrrole nitrogens is 1.